The number of aryl methyl sites for hydroxylation is 1. The number of pyridine rings is 1. The predicted molar refractivity (Wildman–Crippen MR) is 86.4 cm³/mol. The summed E-state index contributed by atoms with van der Waals surface area (Å²) in [6.45, 7) is 3.11. The molecule has 3 heterocycles. The maximum atomic E-state index is 12.6. The van der Waals surface area contributed by atoms with Gasteiger partial charge in [0.05, 0.1) is 10.4 Å². The van der Waals surface area contributed by atoms with Crippen LogP contribution in [0.25, 0.3) is 0 Å². The van der Waals surface area contributed by atoms with Crippen LogP contribution in [0.15, 0.2) is 29.8 Å². The van der Waals surface area contributed by atoms with E-state index >= 15 is 0 Å². The van der Waals surface area contributed by atoms with E-state index < -0.39 is 11.7 Å². The first-order valence-electron chi connectivity index (χ1n) is 7.47. The van der Waals surface area contributed by atoms with Gasteiger partial charge in [-0.05, 0) is 42.5 Å². The third-order valence-electron chi connectivity index (χ3n) is 3.88. The number of carbonyl (C=O) groups excluding carboxylic acids is 1. The Morgan fingerprint density at radius 1 is 1.42 bits per heavy atom. The Morgan fingerprint density at radius 2 is 2.21 bits per heavy atom. The summed E-state index contributed by atoms with van der Waals surface area (Å²) in [6.07, 6.45) is -2.81. The number of alkyl halides is 3. The van der Waals surface area contributed by atoms with Crippen LogP contribution >= 0.6 is 11.3 Å². The van der Waals surface area contributed by atoms with Crippen molar-refractivity contribution < 1.29 is 18.0 Å². The molecule has 1 atom stereocenters. The molecule has 4 nitrogen and oxygen atoms in total. The summed E-state index contributed by atoms with van der Waals surface area (Å²) in [5, 5.41) is 4.88. The van der Waals surface area contributed by atoms with Crippen LogP contribution in [0.3, 0.4) is 0 Å². The molecule has 1 aliphatic rings. The molecule has 0 aromatic carbocycles. The summed E-state index contributed by atoms with van der Waals surface area (Å²) < 4.78 is 37.7. The second-order valence-electron chi connectivity index (χ2n) is 5.80. The zero-order valence-electron chi connectivity index (χ0n) is 12.9. The molecule has 0 spiro atoms. The van der Waals surface area contributed by atoms with Gasteiger partial charge in [0.1, 0.15) is 5.82 Å². The van der Waals surface area contributed by atoms with Crippen LogP contribution in [0, 0.1) is 6.92 Å². The monoisotopic (exact) mass is 355 g/mol. The second-order valence-corrected chi connectivity index (χ2v) is 6.71. The van der Waals surface area contributed by atoms with Crippen molar-refractivity contribution in [1.29, 1.82) is 0 Å². The first-order valence-corrected chi connectivity index (χ1v) is 8.35. The third kappa shape index (κ3) is 3.69. The molecular formula is C16H16F3N3OS. The van der Waals surface area contributed by atoms with Gasteiger partial charge in [0, 0.05) is 25.3 Å². The van der Waals surface area contributed by atoms with Crippen molar-refractivity contribution in [2.45, 2.75) is 25.6 Å². The summed E-state index contributed by atoms with van der Waals surface area (Å²) in [7, 11) is 0. The minimum absolute atomic E-state index is 0.0380. The number of carbonyl (C=O) groups is 1. The molecule has 0 unspecified atom stereocenters. The van der Waals surface area contributed by atoms with Crippen molar-refractivity contribution in [2.75, 3.05) is 18.0 Å². The zero-order chi connectivity index (χ0) is 17.3. The van der Waals surface area contributed by atoms with Gasteiger partial charge in [0.2, 0.25) is 0 Å². The SMILES string of the molecule is Cc1csc(C(=O)N[C@H]2CCN(c3ccc(C(F)(F)F)cn3)C2)c1. The van der Waals surface area contributed by atoms with Crippen molar-refractivity contribution in [3.8, 4) is 0 Å². The number of nitrogens with one attached hydrogen (secondary N) is 1. The molecule has 1 aliphatic heterocycles. The molecule has 0 saturated carbocycles. The molecule has 1 fully saturated rings. The minimum Gasteiger partial charge on any atom is -0.354 e. The number of amides is 1. The lowest BCUT2D eigenvalue weighted by Gasteiger charge is -2.18. The fourth-order valence-corrected chi connectivity index (χ4v) is 3.43. The highest BCUT2D eigenvalue weighted by molar-refractivity contribution is 7.12. The van der Waals surface area contributed by atoms with Crippen LogP contribution in [-0.2, 0) is 6.18 Å². The summed E-state index contributed by atoms with van der Waals surface area (Å²) >= 11 is 1.40. The molecule has 0 bridgehead atoms. The number of aromatic nitrogens is 1. The molecule has 1 N–H and O–H groups in total. The maximum absolute atomic E-state index is 12.6. The van der Waals surface area contributed by atoms with Gasteiger partial charge in [-0.1, -0.05) is 0 Å². The van der Waals surface area contributed by atoms with Gasteiger partial charge in [-0.15, -0.1) is 11.3 Å². The molecule has 8 heteroatoms. The normalized spacial score (nSPS) is 18.0. The van der Waals surface area contributed by atoms with Crippen LogP contribution in [0.5, 0.6) is 0 Å². The lowest BCUT2D eigenvalue weighted by molar-refractivity contribution is -0.137. The van der Waals surface area contributed by atoms with E-state index in [0.717, 1.165) is 24.2 Å². The van der Waals surface area contributed by atoms with Gasteiger partial charge >= 0.3 is 6.18 Å². The lowest BCUT2D eigenvalue weighted by Crippen LogP contribution is -2.36. The van der Waals surface area contributed by atoms with Gasteiger partial charge < -0.3 is 10.2 Å². The Hall–Kier alpha value is -2.09. The third-order valence-corrected chi connectivity index (χ3v) is 4.92. The predicted octanol–water partition coefficient (Wildman–Crippen LogP) is 3.48. The summed E-state index contributed by atoms with van der Waals surface area (Å²) in [5.74, 6) is 0.382. The molecule has 0 radical (unpaired) electrons. The average Bonchev–Trinajstić information content (AvgIpc) is 3.16. The van der Waals surface area contributed by atoms with E-state index in [4.69, 9.17) is 0 Å². The molecule has 128 valence electrons. The van der Waals surface area contributed by atoms with Gasteiger partial charge in [-0.25, -0.2) is 4.98 Å². The summed E-state index contributed by atoms with van der Waals surface area (Å²) in [6, 6.07) is 4.20. The Bertz CT molecular complexity index is 727. The molecular weight excluding hydrogens is 339 g/mol. The van der Waals surface area contributed by atoms with E-state index in [2.05, 4.69) is 10.3 Å². The zero-order valence-corrected chi connectivity index (χ0v) is 13.7. The van der Waals surface area contributed by atoms with Crippen molar-refractivity contribution in [3.63, 3.8) is 0 Å². The van der Waals surface area contributed by atoms with Crippen molar-refractivity contribution in [1.82, 2.24) is 10.3 Å². The van der Waals surface area contributed by atoms with Crippen LogP contribution in [0.4, 0.5) is 19.0 Å². The topological polar surface area (TPSA) is 45.2 Å². The van der Waals surface area contributed by atoms with E-state index in [1.165, 1.54) is 17.4 Å². The molecule has 2 aromatic rings. The number of hydrogen-bond acceptors (Lipinski definition) is 4. The maximum Gasteiger partial charge on any atom is 0.417 e. The van der Waals surface area contributed by atoms with Crippen LogP contribution in [-0.4, -0.2) is 30.0 Å². The van der Waals surface area contributed by atoms with Gasteiger partial charge in [-0.2, -0.15) is 13.2 Å². The first kappa shape index (κ1) is 16.8. The number of hydrogen-bond donors (Lipinski definition) is 1. The second kappa shape index (κ2) is 6.43. The van der Waals surface area contributed by atoms with Gasteiger partial charge in [0.25, 0.3) is 5.91 Å². The highest BCUT2D eigenvalue weighted by Crippen LogP contribution is 2.30. The number of thiophene rings is 1. The average molecular weight is 355 g/mol. The first-order chi connectivity index (χ1) is 11.3. The van der Waals surface area contributed by atoms with E-state index in [9.17, 15) is 18.0 Å². The van der Waals surface area contributed by atoms with Crippen LogP contribution < -0.4 is 10.2 Å². The Labute approximate surface area is 141 Å². The standard InChI is InChI=1S/C16H16F3N3OS/c1-10-6-13(24-9-10)15(23)21-12-4-5-22(8-12)14-3-2-11(7-20-14)16(17,18)19/h2-3,6-7,9,12H,4-5,8H2,1H3,(H,21,23)/t12-/m0/s1. The summed E-state index contributed by atoms with van der Waals surface area (Å²) in [4.78, 5) is 18.6. The largest absolute Gasteiger partial charge is 0.417 e. The number of rotatable bonds is 3. The quantitative estimate of drug-likeness (QED) is 0.917. The Kier molecular flexibility index (Phi) is 4.49. The van der Waals surface area contributed by atoms with Crippen molar-refractivity contribution >= 4 is 23.1 Å². The fraction of sp³-hybridized carbons (Fsp3) is 0.375. The lowest BCUT2D eigenvalue weighted by atomic mass is 10.2. The van der Waals surface area contributed by atoms with Crippen LogP contribution in [0.1, 0.15) is 27.2 Å². The number of anilines is 1. The molecule has 1 amide bonds. The van der Waals surface area contributed by atoms with E-state index in [0.29, 0.717) is 23.8 Å². The fourth-order valence-electron chi connectivity index (χ4n) is 2.63. The molecule has 2 aromatic heterocycles. The minimum atomic E-state index is -4.38. The number of halogens is 3. The van der Waals surface area contributed by atoms with E-state index in [1.54, 1.807) is 0 Å². The Balaban J connectivity index is 1.60. The van der Waals surface area contributed by atoms with Crippen LogP contribution in [0.2, 0.25) is 0 Å². The Morgan fingerprint density at radius 3 is 2.79 bits per heavy atom. The molecule has 24 heavy (non-hydrogen) atoms. The highest BCUT2D eigenvalue weighted by atomic mass is 32.1. The molecule has 0 aliphatic carbocycles. The smallest absolute Gasteiger partial charge is 0.354 e. The van der Waals surface area contributed by atoms with Crippen molar-refractivity contribution in [3.05, 3.63) is 45.8 Å². The summed E-state index contributed by atoms with van der Waals surface area (Å²) in [5.41, 5.74) is 0.288. The van der Waals surface area contributed by atoms with Gasteiger partial charge in [-0.3, -0.25) is 4.79 Å². The highest BCUT2D eigenvalue weighted by Gasteiger charge is 2.31. The van der Waals surface area contributed by atoms with Gasteiger partial charge in [0.15, 0.2) is 0 Å². The molecule has 1 saturated heterocycles. The van der Waals surface area contributed by atoms with E-state index in [1.807, 2.05) is 23.3 Å². The number of nitrogens with zero attached hydrogens (tertiary/aromatic N) is 2. The van der Waals surface area contributed by atoms with E-state index in [-0.39, 0.29) is 11.9 Å². The molecule has 3 rings (SSSR count). The van der Waals surface area contributed by atoms with Crippen molar-refractivity contribution in [2.24, 2.45) is 0 Å².